The molecule has 0 unspecified atom stereocenters. The Morgan fingerprint density at radius 1 is 1.16 bits per heavy atom. The summed E-state index contributed by atoms with van der Waals surface area (Å²) >= 11 is 5.73. The van der Waals surface area contributed by atoms with Crippen molar-refractivity contribution in [3.8, 4) is 17.0 Å². The smallest absolute Gasteiger partial charge is 0.277 e. The fraction of sp³-hybridized carbons (Fsp3) is 0.136. The van der Waals surface area contributed by atoms with Crippen LogP contribution in [0.2, 0.25) is 5.02 Å². The van der Waals surface area contributed by atoms with E-state index in [1.165, 1.54) is 27.4 Å². The molecule has 158 valence electrons. The summed E-state index contributed by atoms with van der Waals surface area (Å²) in [5.41, 5.74) is 1.78. The van der Waals surface area contributed by atoms with Gasteiger partial charge in [-0.1, -0.05) is 11.6 Å². The first-order valence-electron chi connectivity index (χ1n) is 9.51. The minimum atomic E-state index is -0.578. The monoisotopic (exact) mass is 440 g/mol. The number of fused-ring (bicyclic) bond motifs is 1. The molecule has 9 heteroatoms. The number of ether oxygens (including phenoxy) is 1. The molecule has 0 saturated heterocycles. The maximum atomic E-state index is 13.3. The van der Waals surface area contributed by atoms with Crippen molar-refractivity contribution in [2.75, 3.05) is 11.9 Å². The number of aromatic nitrogens is 3. The summed E-state index contributed by atoms with van der Waals surface area (Å²) in [5.74, 6) is -0.267. The van der Waals surface area contributed by atoms with E-state index >= 15 is 0 Å². The van der Waals surface area contributed by atoms with Crippen molar-refractivity contribution in [1.29, 1.82) is 0 Å². The summed E-state index contributed by atoms with van der Waals surface area (Å²) < 4.78 is 21.4. The minimum Gasteiger partial charge on any atom is -0.494 e. The van der Waals surface area contributed by atoms with Crippen LogP contribution in [0.1, 0.15) is 6.92 Å². The second-order valence-electron chi connectivity index (χ2n) is 6.73. The highest BCUT2D eigenvalue weighted by atomic mass is 35.5. The predicted molar refractivity (Wildman–Crippen MR) is 116 cm³/mol. The maximum Gasteiger partial charge on any atom is 0.277 e. The van der Waals surface area contributed by atoms with Gasteiger partial charge in [0.2, 0.25) is 5.91 Å². The number of rotatable bonds is 6. The van der Waals surface area contributed by atoms with Crippen LogP contribution < -0.4 is 15.6 Å². The second kappa shape index (κ2) is 8.61. The number of benzene rings is 2. The fourth-order valence-electron chi connectivity index (χ4n) is 3.11. The molecule has 31 heavy (non-hydrogen) atoms. The van der Waals surface area contributed by atoms with Crippen molar-refractivity contribution in [3.63, 3.8) is 0 Å². The molecular weight excluding hydrogens is 423 g/mol. The zero-order chi connectivity index (χ0) is 22.0. The zero-order valence-electron chi connectivity index (χ0n) is 16.5. The molecule has 2 heterocycles. The van der Waals surface area contributed by atoms with E-state index in [0.717, 1.165) is 17.4 Å². The van der Waals surface area contributed by atoms with E-state index in [-0.39, 0.29) is 17.1 Å². The molecule has 0 aliphatic heterocycles. The molecule has 0 bridgehead atoms. The summed E-state index contributed by atoms with van der Waals surface area (Å²) in [5, 5.41) is 6.93. The van der Waals surface area contributed by atoms with Gasteiger partial charge in [-0.3, -0.25) is 9.59 Å². The lowest BCUT2D eigenvalue weighted by molar-refractivity contribution is -0.116. The summed E-state index contributed by atoms with van der Waals surface area (Å²) in [6.45, 7) is 2.28. The molecule has 0 aliphatic rings. The molecule has 0 radical (unpaired) electrons. The third kappa shape index (κ3) is 4.44. The molecule has 0 fully saturated rings. The molecule has 4 aromatic rings. The first kappa shape index (κ1) is 20.6. The molecule has 7 nitrogen and oxygen atoms in total. The van der Waals surface area contributed by atoms with Crippen LogP contribution in [0.5, 0.6) is 5.75 Å². The van der Waals surface area contributed by atoms with Crippen LogP contribution in [0, 0.1) is 5.82 Å². The fourth-order valence-corrected chi connectivity index (χ4v) is 3.29. The van der Waals surface area contributed by atoms with Crippen LogP contribution in [0.4, 0.5) is 10.1 Å². The second-order valence-corrected chi connectivity index (χ2v) is 7.13. The Morgan fingerprint density at radius 2 is 1.94 bits per heavy atom. The number of hydrogen-bond donors (Lipinski definition) is 1. The largest absolute Gasteiger partial charge is 0.494 e. The Balaban J connectivity index is 1.55. The van der Waals surface area contributed by atoms with E-state index in [4.69, 9.17) is 16.3 Å². The first-order chi connectivity index (χ1) is 14.9. The molecule has 1 amide bonds. The number of hydrogen-bond acceptors (Lipinski definition) is 4. The molecule has 2 aromatic carbocycles. The predicted octanol–water partition coefficient (Wildman–Crippen LogP) is 3.99. The van der Waals surface area contributed by atoms with E-state index in [9.17, 15) is 14.0 Å². The molecule has 0 aliphatic carbocycles. The standard InChI is InChI=1S/C22H18ClFN4O3/c1-2-31-16-6-3-14(4-7-16)19-12-20-22(30)27(9-10-28(20)26-19)13-21(29)25-15-5-8-18(24)17(23)11-15/h3-12H,2,13H2,1H3,(H,25,29). The zero-order valence-corrected chi connectivity index (χ0v) is 17.3. The van der Waals surface area contributed by atoms with Gasteiger partial charge in [-0.2, -0.15) is 5.10 Å². The minimum absolute atomic E-state index is 0.0996. The Hall–Kier alpha value is -3.65. The van der Waals surface area contributed by atoms with E-state index < -0.39 is 11.7 Å². The lowest BCUT2D eigenvalue weighted by atomic mass is 10.1. The van der Waals surface area contributed by atoms with E-state index in [1.54, 1.807) is 12.3 Å². The van der Waals surface area contributed by atoms with Crippen LogP contribution in [0.25, 0.3) is 16.8 Å². The summed E-state index contributed by atoms with van der Waals surface area (Å²) in [7, 11) is 0. The summed E-state index contributed by atoms with van der Waals surface area (Å²) in [6.07, 6.45) is 3.10. The molecule has 1 N–H and O–H groups in total. The molecular formula is C22H18ClFN4O3. The molecule has 4 rings (SSSR count). The van der Waals surface area contributed by atoms with Gasteiger partial charge < -0.3 is 14.6 Å². The molecule has 0 spiro atoms. The first-order valence-corrected chi connectivity index (χ1v) is 9.89. The highest BCUT2D eigenvalue weighted by Crippen LogP contribution is 2.22. The maximum absolute atomic E-state index is 13.3. The average Bonchev–Trinajstić information content (AvgIpc) is 3.19. The van der Waals surface area contributed by atoms with Crippen molar-refractivity contribution in [3.05, 3.63) is 82.1 Å². The van der Waals surface area contributed by atoms with Gasteiger partial charge in [-0.05, 0) is 55.5 Å². The Bertz CT molecular complexity index is 1310. The van der Waals surface area contributed by atoms with Crippen LogP contribution >= 0.6 is 11.6 Å². The highest BCUT2D eigenvalue weighted by Gasteiger charge is 2.12. The van der Waals surface area contributed by atoms with Crippen LogP contribution in [-0.4, -0.2) is 26.7 Å². The number of nitrogens with zero attached hydrogens (tertiary/aromatic N) is 3. The lowest BCUT2D eigenvalue weighted by Crippen LogP contribution is -2.28. The van der Waals surface area contributed by atoms with Gasteiger partial charge in [-0.25, -0.2) is 8.91 Å². The van der Waals surface area contributed by atoms with Gasteiger partial charge in [0, 0.05) is 23.6 Å². The van der Waals surface area contributed by atoms with Gasteiger partial charge in [0.1, 0.15) is 23.6 Å². The van der Waals surface area contributed by atoms with Crippen LogP contribution in [0.3, 0.4) is 0 Å². The number of amides is 1. The van der Waals surface area contributed by atoms with Crippen molar-refractivity contribution >= 4 is 28.7 Å². The van der Waals surface area contributed by atoms with E-state index in [1.807, 2.05) is 31.2 Å². The summed E-state index contributed by atoms with van der Waals surface area (Å²) in [4.78, 5) is 25.2. The lowest BCUT2D eigenvalue weighted by Gasteiger charge is -2.08. The third-order valence-corrected chi connectivity index (χ3v) is 4.87. The van der Waals surface area contributed by atoms with E-state index in [0.29, 0.717) is 23.5 Å². The normalized spacial score (nSPS) is 10.9. The molecule has 2 aromatic heterocycles. The number of carbonyl (C=O) groups excluding carboxylic acids is 1. The SMILES string of the molecule is CCOc1ccc(-c2cc3c(=O)n(CC(=O)Nc4ccc(F)c(Cl)c4)ccn3n2)cc1. The Morgan fingerprint density at radius 3 is 2.65 bits per heavy atom. The third-order valence-electron chi connectivity index (χ3n) is 4.58. The average molecular weight is 441 g/mol. The van der Waals surface area contributed by atoms with E-state index in [2.05, 4.69) is 10.4 Å². The topological polar surface area (TPSA) is 77.6 Å². The highest BCUT2D eigenvalue weighted by molar-refractivity contribution is 6.31. The van der Waals surface area contributed by atoms with Gasteiger partial charge in [0.25, 0.3) is 5.56 Å². The molecule has 0 atom stereocenters. The number of anilines is 1. The van der Waals surface area contributed by atoms with Crippen LogP contribution in [-0.2, 0) is 11.3 Å². The van der Waals surface area contributed by atoms with Crippen LogP contribution in [0.15, 0.2) is 65.7 Å². The van der Waals surface area contributed by atoms with Gasteiger partial charge in [0.15, 0.2) is 0 Å². The summed E-state index contributed by atoms with van der Waals surface area (Å²) in [6, 6.07) is 12.9. The number of halogens is 2. The number of nitrogens with one attached hydrogen (secondary N) is 1. The number of carbonyl (C=O) groups is 1. The Kier molecular flexibility index (Phi) is 5.73. The van der Waals surface area contributed by atoms with Crippen molar-refractivity contribution in [2.24, 2.45) is 0 Å². The quantitative estimate of drug-likeness (QED) is 0.491. The van der Waals surface area contributed by atoms with Gasteiger partial charge >= 0.3 is 0 Å². The van der Waals surface area contributed by atoms with Gasteiger partial charge in [-0.15, -0.1) is 0 Å². The molecule has 0 saturated carbocycles. The van der Waals surface area contributed by atoms with Crippen molar-refractivity contribution < 1.29 is 13.9 Å². The van der Waals surface area contributed by atoms with Crippen molar-refractivity contribution in [1.82, 2.24) is 14.2 Å². The van der Waals surface area contributed by atoms with Crippen molar-refractivity contribution in [2.45, 2.75) is 13.5 Å². The Labute approximate surface area is 181 Å². The van der Waals surface area contributed by atoms with Gasteiger partial charge in [0.05, 0.1) is 17.3 Å².